The maximum absolute atomic E-state index is 12.6. The average Bonchev–Trinajstić information content (AvgIpc) is 2.81. The SMILES string of the molecule is O=S(=O)(c1cc(C(F)(F)F)ccc1Cl)N1CCCO1. The molecule has 0 aliphatic carbocycles. The molecule has 0 radical (unpaired) electrons. The lowest BCUT2D eigenvalue weighted by atomic mass is 10.2. The van der Waals surface area contributed by atoms with Crippen LogP contribution in [0.3, 0.4) is 0 Å². The minimum absolute atomic E-state index is 0.0922. The van der Waals surface area contributed by atoms with Crippen molar-refractivity contribution >= 4 is 21.6 Å². The number of alkyl halides is 3. The summed E-state index contributed by atoms with van der Waals surface area (Å²) >= 11 is 5.68. The number of hydroxylamine groups is 1. The van der Waals surface area contributed by atoms with Crippen molar-refractivity contribution in [3.8, 4) is 0 Å². The van der Waals surface area contributed by atoms with Gasteiger partial charge >= 0.3 is 6.18 Å². The molecule has 1 aliphatic heterocycles. The van der Waals surface area contributed by atoms with Crippen molar-refractivity contribution in [1.82, 2.24) is 4.47 Å². The zero-order valence-electron chi connectivity index (χ0n) is 9.45. The van der Waals surface area contributed by atoms with Gasteiger partial charge in [0.15, 0.2) is 0 Å². The van der Waals surface area contributed by atoms with Gasteiger partial charge in [0.2, 0.25) is 0 Å². The quantitative estimate of drug-likeness (QED) is 0.843. The van der Waals surface area contributed by atoms with Gasteiger partial charge < -0.3 is 0 Å². The second-order valence-corrected chi connectivity index (χ2v) is 6.07. The molecule has 0 bridgehead atoms. The van der Waals surface area contributed by atoms with Gasteiger partial charge in [0.05, 0.1) is 17.2 Å². The predicted molar refractivity (Wildman–Crippen MR) is 60.9 cm³/mol. The van der Waals surface area contributed by atoms with Gasteiger partial charge in [-0.3, -0.25) is 4.84 Å². The van der Waals surface area contributed by atoms with E-state index in [4.69, 9.17) is 16.4 Å². The van der Waals surface area contributed by atoms with Gasteiger partial charge in [-0.1, -0.05) is 16.1 Å². The molecule has 0 spiro atoms. The molecule has 1 saturated heterocycles. The molecule has 0 atom stereocenters. The van der Waals surface area contributed by atoms with Crippen molar-refractivity contribution in [2.45, 2.75) is 17.5 Å². The molecule has 1 heterocycles. The molecular formula is C10H9ClF3NO3S. The van der Waals surface area contributed by atoms with E-state index in [1.807, 2.05) is 0 Å². The Morgan fingerprint density at radius 3 is 2.53 bits per heavy atom. The maximum atomic E-state index is 12.6. The van der Waals surface area contributed by atoms with Gasteiger partial charge in [-0.2, -0.15) is 13.2 Å². The smallest absolute Gasteiger partial charge is 0.284 e. The van der Waals surface area contributed by atoms with Crippen LogP contribution in [0.5, 0.6) is 0 Å². The molecule has 1 aromatic rings. The Hall–Kier alpha value is -0.830. The Kier molecular flexibility index (Phi) is 3.78. The first-order valence-corrected chi connectivity index (χ1v) is 7.07. The van der Waals surface area contributed by atoms with Gasteiger partial charge in [-0.15, -0.1) is 0 Å². The third-order valence-electron chi connectivity index (χ3n) is 2.52. The fraction of sp³-hybridized carbons (Fsp3) is 0.400. The van der Waals surface area contributed by atoms with Crippen molar-refractivity contribution in [3.05, 3.63) is 28.8 Å². The van der Waals surface area contributed by atoms with Crippen molar-refractivity contribution in [1.29, 1.82) is 0 Å². The fourth-order valence-corrected chi connectivity index (χ4v) is 3.40. The van der Waals surface area contributed by atoms with E-state index >= 15 is 0 Å². The van der Waals surface area contributed by atoms with E-state index < -0.39 is 26.7 Å². The first-order valence-electron chi connectivity index (χ1n) is 5.25. The van der Waals surface area contributed by atoms with Crippen molar-refractivity contribution in [2.24, 2.45) is 0 Å². The minimum atomic E-state index is -4.64. The van der Waals surface area contributed by atoms with Crippen LogP contribution < -0.4 is 0 Å². The Labute approximate surface area is 112 Å². The van der Waals surface area contributed by atoms with Gasteiger partial charge in [0, 0.05) is 6.54 Å². The van der Waals surface area contributed by atoms with Crippen molar-refractivity contribution in [2.75, 3.05) is 13.2 Å². The van der Waals surface area contributed by atoms with Crippen molar-refractivity contribution in [3.63, 3.8) is 0 Å². The predicted octanol–water partition coefficient (Wildman–Crippen LogP) is 2.68. The average molecular weight is 316 g/mol. The lowest BCUT2D eigenvalue weighted by Gasteiger charge is -2.16. The Morgan fingerprint density at radius 2 is 2.00 bits per heavy atom. The van der Waals surface area contributed by atoms with E-state index in [1.165, 1.54) is 0 Å². The third kappa shape index (κ3) is 2.86. The van der Waals surface area contributed by atoms with E-state index in [0.29, 0.717) is 17.0 Å². The molecule has 1 fully saturated rings. The molecular weight excluding hydrogens is 307 g/mol. The van der Waals surface area contributed by atoms with E-state index in [0.717, 1.165) is 12.1 Å². The summed E-state index contributed by atoms with van der Waals surface area (Å²) in [5, 5.41) is -0.275. The van der Waals surface area contributed by atoms with Crippen LogP contribution in [0, 0.1) is 0 Å². The number of halogens is 4. The molecule has 9 heteroatoms. The minimum Gasteiger partial charge on any atom is -0.284 e. The highest BCUT2D eigenvalue weighted by molar-refractivity contribution is 7.89. The molecule has 0 aromatic heterocycles. The first-order chi connectivity index (χ1) is 8.73. The number of nitrogens with zero attached hydrogens (tertiary/aromatic N) is 1. The van der Waals surface area contributed by atoms with E-state index in [2.05, 4.69) is 0 Å². The van der Waals surface area contributed by atoms with Gasteiger partial charge in [0.25, 0.3) is 10.0 Å². The summed E-state index contributed by atoms with van der Waals surface area (Å²) in [7, 11) is -4.17. The maximum Gasteiger partial charge on any atom is 0.416 e. The van der Waals surface area contributed by atoms with Crippen molar-refractivity contribution < 1.29 is 26.4 Å². The highest BCUT2D eigenvalue weighted by Crippen LogP contribution is 2.34. The summed E-state index contributed by atoms with van der Waals surface area (Å²) in [6, 6.07) is 2.15. The lowest BCUT2D eigenvalue weighted by Crippen LogP contribution is -2.27. The summed E-state index contributed by atoms with van der Waals surface area (Å²) in [5.74, 6) is 0. The van der Waals surface area contributed by atoms with Crippen LogP contribution in [0.25, 0.3) is 0 Å². The van der Waals surface area contributed by atoms with Crippen LogP contribution in [0.4, 0.5) is 13.2 Å². The second kappa shape index (κ2) is 4.93. The molecule has 106 valence electrons. The molecule has 2 rings (SSSR count). The molecule has 0 saturated carbocycles. The highest BCUT2D eigenvalue weighted by Gasteiger charge is 2.35. The molecule has 1 aliphatic rings. The Bertz CT molecular complexity index is 582. The summed E-state index contributed by atoms with van der Waals surface area (Å²) in [5.41, 5.74) is -1.07. The summed E-state index contributed by atoms with van der Waals surface area (Å²) in [6.07, 6.45) is -4.16. The first kappa shape index (κ1) is 14.6. The zero-order chi connectivity index (χ0) is 14.3. The summed E-state index contributed by atoms with van der Waals surface area (Å²) in [4.78, 5) is 4.25. The lowest BCUT2D eigenvalue weighted by molar-refractivity contribution is -0.137. The topological polar surface area (TPSA) is 46.6 Å². The number of hydrogen-bond donors (Lipinski definition) is 0. The van der Waals surface area contributed by atoms with E-state index in [9.17, 15) is 21.6 Å². The second-order valence-electron chi connectivity index (χ2n) is 3.86. The van der Waals surface area contributed by atoms with Gasteiger partial charge in [-0.05, 0) is 24.6 Å². The standard InChI is InChI=1S/C10H9ClF3NO3S/c11-8-3-2-7(10(12,13)14)6-9(8)19(16,17)15-4-1-5-18-15/h2-3,6H,1,4-5H2. The molecule has 0 unspecified atom stereocenters. The Balaban J connectivity index is 2.49. The number of rotatable bonds is 2. The Morgan fingerprint density at radius 1 is 1.32 bits per heavy atom. The largest absolute Gasteiger partial charge is 0.416 e. The summed E-state index contributed by atoms with van der Waals surface area (Å²) < 4.78 is 62.6. The van der Waals surface area contributed by atoms with Crippen LogP contribution in [-0.2, 0) is 21.0 Å². The van der Waals surface area contributed by atoms with Gasteiger partial charge in [-0.25, -0.2) is 8.42 Å². The molecule has 4 nitrogen and oxygen atoms in total. The fourth-order valence-electron chi connectivity index (χ4n) is 1.60. The number of sulfonamides is 1. The third-order valence-corrected chi connectivity index (χ3v) is 4.68. The highest BCUT2D eigenvalue weighted by atomic mass is 35.5. The number of hydrogen-bond acceptors (Lipinski definition) is 3. The normalized spacial score (nSPS) is 17.9. The van der Waals surface area contributed by atoms with Crippen LogP contribution in [0.2, 0.25) is 5.02 Å². The number of benzene rings is 1. The molecule has 0 N–H and O–H groups in total. The molecule has 0 amide bonds. The molecule has 1 aromatic carbocycles. The van der Waals surface area contributed by atoms with E-state index in [1.54, 1.807) is 0 Å². The summed E-state index contributed by atoms with van der Waals surface area (Å²) in [6.45, 7) is 0.296. The van der Waals surface area contributed by atoms with E-state index in [-0.39, 0.29) is 18.2 Å². The van der Waals surface area contributed by atoms with Crippen LogP contribution in [0.1, 0.15) is 12.0 Å². The molecule has 19 heavy (non-hydrogen) atoms. The van der Waals surface area contributed by atoms with Crippen LogP contribution in [-0.4, -0.2) is 26.0 Å². The van der Waals surface area contributed by atoms with Gasteiger partial charge in [0.1, 0.15) is 4.90 Å². The zero-order valence-corrected chi connectivity index (χ0v) is 11.0. The van der Waals surface area contributed by atoms with Crippen LogP contribution >= 0.6 is 11.6 Å². The monoisotopic (exact) mass is 315 g/mol. The van der Waals surface area contributed by atoms with Crippen LogP contribution in [0.15, 0.2) is 23.1 Å².